The smallest absolute Gasteiger partial charge is 0.144 e. The summed E-state index contributed by atoms with van der Waals surface area (Å²) in [6.45, 7) is 7.31. The number of unbranched alkanes of at least 4 members (excludes halogenated alkanes) is 2. The second-order valence-electron chi connectivity index (χ2n) is 5.02. The van der Waals surface area contributed by atoms with Crippen molar-refractivity contribution in [2.45, 2.75) is 46.1 Å². The molecule has 3 heteroatoms. The van der Waals surface area contributed by atoms with Crippen molar-refractivity contribution in [2.24, 2.45) is 0 Å². The van der Waals surface area contributed by atoms with E-state index in [1.165, 1.54) is 19.3 Å². The van der Waals surface area contributed by atoms with Crippen LogP contribution < -0.4 is 15.4 Å². The molecule has 0 spiro atoms. The van der Waals surface area contributed by atoms with Gasteiger partial charge >= 0.3 is 0 Å². The second-order valence-corrected chi connectivity index (χ2v) is 5.02. The number of benzene rings is 1. The molecule has 1 aromatic rings. The maximum atomic E-state index is 5.92. The van der Waals surface area contributed by atoms with Gasteiger partial charge in [-0.2, -0.15) is 0 Å². The fourth-order valence-electron chi connectivity index (χ4n) is 1.84. The van der Waals surface area contributed by atoms with Gasteiger partial charge in [0.25, 0.3) is 0 Å². The Labute approximate surface area is 111 Å². The Morgan fingerprint density at radius 2 is 2.00 bits per heavy atom. The van der Waals surface area contributed by atoms with Crippen molar-refractivity contribution in [2.75, 3.05) is 24.2 Å². The minimum Gasteiger partial charge on any atom is -0.489 e. The molecule has 0 aliphatic heterocycles. The number of hydrogen-bond acceptors (Lipinski definition) is 3. The largest absolute Gasteiger partial charge is 0.489 e. The van der Waals surface area contributed by atoms with Crippen LogP contribution in [0, 0.1) is 0 Å². The van der Waals surface area contributed by atoms with Crippen LogP contribution in [0.5, 0.6) is 5.75 Å². The molecule has 0 unspecified atom stereocenters. The summed E-state index contributed by atoms with van der Waals surface area (Å²) in [6, 6.07) is 6.00. The van der Waals surface area contributed by atoms with Crippen LogP contribution in [0.25, 0.3) is 0 Å². The first kappa shape index (κ1) is 14.7. The van der Waals surface area contributed by atoms with Gasteiger partial charge in [0.2, 0.25) is 0 Å². The molecule has 0 aromatic heterocycles. The maximum absolute atomic E-state index is 5.92. The van der Waals surface area contributed by atoms with Crippen LogP contribution in [0.15, 0.2) is 18.2 Å². The molecule has 1 aromatic carbocycles. The molecule has 0 bridgehead atoms. The molecule has 0 saturated carbocycles. The van der Waals surface area contributed by atoms with Crippen LogP contribution in [-0.4, -0.2) is 19.7 Å². The SMILES string of the molecule is CCCCCN(C)c1ccc(N)c(OC(C)C)c1. The van der Waals surface area contributed by atoms with E-state index in [9.17, 15) is 0 Å². The third-order valence-corrected chi connectivity index (χ3v) is 2.90. The van der Waals surface area contributed by atoms with Crippen molar-refractivity contribution in [1.29, 1.82) is 0 Å². The molecule has 0 atom stereocenters. The highest BCUT2D eigenvalue weighted by molar-refractivity contribution is 5.62. The number of hydrogen-bond donors (Lipinski definition) is 1. The van der Waals surface area contributed by atoms with Gasteiger partial charge in [-0.1, -0.05) is 19.8 Å². The Kier molecular flexibility index (Phi) is 5.83. The standard InChI is InChI=1S/C15H26N2O/c1-5-6-7-10-17(4)13-8-9-14(16)15(11-13)18-12(2)3/h8-9,11-12H,5-7,10,16H2,1-4H3. The fourth-order valence-corrected chi connectivity index (χ4v) is 1.84. The predicted molar refractivity (Wildman–Crippen MR) is 79.4 cm³/mol. The lowest BCUT2D eigenvalue weighted by atomic mass is 10.2. The zero-order valence-electron chi connectivity index (χ0n) is 12.1. The average molecular weight is 250 g/mol. The summed E-state index contributed by atoms with van der Waals surface area (Å²) in [6.07, 6.45) is 3.89. The molecule has 2 N–H and O–H groups in total. The van der Waals surface area contributed by atoms with Crippen molar-refractivity contribution < 1.29 is 4.74 Å². The lowest BCUT2D eigenvalue weighted by Gasteiger charge is -2.21. The van der Waals surface area contributed by atoms with Gasteiger partial charge < -0.3 is 15.4 Å². The molecule has 0 aliphatic rings. The van der Waals surface area contributed by atoms with E-state index in [1.807, 2.05) is 26.0 Å². The van der Waals surface area contributed by atoms with Gasteiger partial charge in [-0.3, -0.25) is 0 Å². The van der Waals surface area contributed by atoms with Crippen LogP contribution in [-0.2, 0) is 0 Å². The van der Waals surface area contributed by atoms with Crippen molar-refractivity contribution >= 4 is 11.4 Å². The van der Waals surface area contributed by atoms with E-state index >= 15 is 0 Å². The number of nitrogens with zero attached hydrogens (tertiary/aromatic N) is 1. The molecule has 102 valence electrons. The summed E-state index contributed by atoms with van der Waals surface area (Å²) < 4.78 is 5.71. The van der Waals surface area contributed by atoms with Gasteiger partial charge in [-0.25, -0.2) is 0 Å². The van der Waals surface area contributed by atoms with E-state index in [0.717, 1.165) is 18.0 Å². The number of rotatable bonds is 7. The Hall–Kier alpha value is -1.38. The first-order valence-electron chi connectivity index (χ1n) is 6.82. The number of nitrogen functional groups attached to an aromatic ring is 1. The Morgan fingerprint density at radius 3 is 2.61 bits per heavy atom. The first-order chi connectivity index (χ1) is 8.54. The van der Waals surface area contributed by atoms with Gasteiger partial charge in [-0.05, 0) is 32.4 Å². The van der Waals surface area contributed by atoms with E-state index in [4.69, 9.17) is 10.5 Å². The van der Waals surface area contributed by atoms with E-state index in [-0.39, 0.29) is 6.10 Å². The maximum Gasteiger partial charge on any atom is 0.144 e. The Bertz CT molecular complexity index is 364. The summed E-state index contributed by atoms with van der Waals surface area (Å²) in [4.78, 5) is 2.25. The summed E-state index contributed by atoms with van der Waals surface area (Å²) >= 11 is 0. The van der Waals surface area contributed by atoms with Crippen LogP contribution in [0.1, 0.15) is 40.0 Å². The summed E-state index contributed by atoms with van der Waals surface area (Å²) in [7, 11) is 2.11. The van der Waals surface area contributed by atoms with E-state index in [2.05, 4.69) is 24.9 Å². The normalized spacial score (nSPS) is 10.7. The van der Waals surface area contributed by atoms with Gasteiger partial charge in [0.1, 0.15) is 5.75 Å². The van der Waals surface area contributed by atoms with E-state index in [1.54, 1.807) is 0 Å². The van der Waals surface area contributed by atoms with E-state index < -0.39 is 0 Å². The van der Waals surface area contributed by atoms with Crippen molar-refractivity contribution in [3.63, 3.8) is 0 Å². The van der Waals surface area contributed by atoms with Crippen LogP contribution >= 0.6 is 0 Å². The summed E-state index contributed by atoms with van der Waals surface area (Å²) in [5, 5.41) is 0. The van der Waals surface area contributed by atoms with Gasteiger partial charge in [0.05, 0.1) is 11.8 Å². The van der Waals surface area contributed by atoms with Crippen molar-refractivity contribution in [3.8, 4) is 5.75 Å². The Balaban J connectivity index is 2.70. The third-order valence-electron chi connectivity index (χ3n) is 2.90. The zero-order valence-corrected chi connectivity index (χ0v) is 12.1. The lowest BCUT2D eigenvalue weighted by molar-refractivity contribution is 0.244. The average Bonchev–Trinajstić information content (AvgIpc) is 2.31. The molecule has 0 aliphatic carbocycles. The molecule has 18 heavy (non-hydrogen) atoms. The summed E-state index contributed by atoms with van der Waals surface area (Å²) in [5.41, 5.74) is 7.78. The fraction of sp³-hybridized carbons (Fsp3) is 0.600. The molecule has 0 heterocycles. The molecular formula is C15H26N2O. The van der Waals surface area contributed by atoms with Gasteiger partial charge in [0.15, 0.2) is 0 Å². The molecule has 0 amide bonds. The molecule has 1 rings (SSSR count). The quantitative estimate of drug-likeness (QED) is 0.592. The monoisotopic (exact) mass is 250 g/mol. The lowest BCUT2D eigenvalue weighted by Crippen LogP contribution is -2.18. The predicted octanol–water partition coefficient (Wildman–Crippen LogP) is 3.68. The molecule has 0 radical (unpaired) electrons. The molecule has 3 nitrogen and oxygen atoms in total. The highest BCUT2D eigenvalue weighted by Gasteiger charge is 2.07. The molecule has 0 saturated heterocycles. The number of anilines is 2. The zero-order chi connectivity index (χ0) is 13.5. The van der Waals surface area contributed by atoms with Crippen LogP contribution in [0.3, 0.4) is 0 Å². The minimum atomic E-state index is 0.146. The van der Waals surface area contributed by atoms with Gasteiger partial charge in [-0.15, -0.1) is 0 Å². The number of ether oxygens (including phenoxy) is 1. The number of nitrogens with two attached hydrogens (primary N) is 1. The highest BCUT2D eigenvalue weighted by atomic mass is 16.5. The second kappa shape index (κ2) is 7.14. The van der Waals surface area contributed by atoms with Crippen molar-refractivity contribution in [1.82, 2.24) is 0 Å². The molecule has 0 fully saturated rings. The van der Waals surface area contributed by atoms with Crippen LogP contribution in [0.4, 0.5) is 11.4 Å². The van der Waals surface area contributed by atoms with Crippen molar-refractivity contribution in [3.05, 3.63) is 18.2 Å². The van der Waals surface area contributed by atoms with Crippen LogP contribution in [0.2, 0.25) is 0 Å². The topological polar surface area (TPSA) is 38.5 Å². The summed E-state index contributed by atoms with van der Waals surface area (Å²) in [5.74, 6) is 0.782. The highest BCUT2D eigenvalue weighted by Crippen LogP contribution is 2.28. The van der Waals surface area contributed by atoms with E-state index in [0.29, 0.717) is 5.69 Å². The molecular weight excluding hydrogens is 224 g/mol. The Morgan fingerprint density at radius 1 is 1.28 bits per heavy atom. The third kappa shape index (κ3) is 4.47. The van der Waals surface area contributed by atoms with Gasteiger partial charge in [0, 0.05) is 25.3 Å². The minimum absolute atomic E-state index is 0.146. The first-order valence-corrected chi connectivity index (χ1v) is 6.82.